The number of carbonyl (C=O) groups excluding carboxylic acids is 1. The number of ether oxygens (including phenoxy) is 2. The van der Waals surface area contributed by atoms with Crippen LogP contribution in [0.3, 0.4) is 0 Å². The molecule has 0 amide bonds. The Morgan fingerprint density at radius 3 is 2.81 bits per heavy atom. The fraction of sp³-hybridized carbons (Fsp3) is 0.455. The van der Waals surface area contributed by atoms with Crippen LogP contribution < -0.4 is 4.74 Å². The van der Waals surface area contributed by atoms with Crippen molar-refractivity contribution in [2.75, 3.05) is 6.61 Å². The quantitative estimate of drug-likeness (QED) is 0.451. The van der Waals surface area contributed by atoms with Gasteiger partial charge in [0.2, 0.25) is 0 Å². The smallest absolute Gasteiger partial charge is 0.341 e. The summed E-state index contributed by atoms with van der Waals surface area (Å²) in [5.41, 5.74) is 2.72. The number of benzene rings is 1. The van der Waals surface area contributed by atoms with Gasteiger partial charge in [-0.2, -0.15) is 0 Å². The van der Waals surface area contributed by atoms with Gasteiger partial charge in [0.25, 0.3) is 0 Å². The second kappa shape index (κ2) is 9.18. The molecule has 0 bridgehead atoms. The van der Waals surface area contributed by atoms with Crippen molar-refractivity contribution in [3.8, 4) is 5.75 Å². The maximum atomic E-state index is 12.5. The first kappa shape index (κ1) is 19.6. The zero-order valence-electron chi connectivity index (χ0n) is 16.3. The van der Waals surface area contributed by atoms with E-state index in [1.54, 1.807) is 17.6 Å². The molecule has 1 aliphatic rings. The molecule has 0 unspecified atom stereocenters. The van der Waals surface area contributed by atoms with Crippen LogP contribution >= 0.6 is 11.3 Å². The number of aliphatic imine (C=N–C) groups is 1. The number of aryl methyl sites for hydroxylation is 1. The monoisotopic (exact) mass is 385 g/mol. The lowest BCUT2D eigenvalue weighted by Crippen LogP contribution is -2.11. The van der Waals surface area contributed by atoms with Gasteiger partial charge in [0.15, 0.2) is 0 Å². The first-order chi connectivity index (χ1) is 13.1. The van der Waals surface area contributed by atoms with Gasteiger partial charge in [-0.05, 0) is 63.6 Å². The SMILES string of the molecule is CCOC(=O)c1c(N=Cc2ccccc2O[C@H](C)CC)sc2c1CCCC2. The van der Waals surface area contributed by atoms with Crippen LogP contribution in [-0.4, -0.2) is 24.9 Å². The summed E-state index contributed by atoms with van der Waals surface area (Å²) in [6.45, 7) is 6.36. The van der Waals surface area contributed by atoms with Gasteiger partial charge in [-0.1, -0.05) is 19.1 Å². The minimum Gasteiger partial charge on any atom is -0.490 e. The molecule has 2 aromatic rings. The molecular formula is C22H27NO3S. The summed E-state index contributed by atoms with van der Waals surface area (Å²) in [6.07, 6.45) is 7.13. The molecule has 1 atom stereocenters. The average molecular weight is 386 g/mol. The highest BCUT2D eigenvalue weighted by Crippen LogP contribution is 2.40. The van der Waals surface area contributed by atoms with Gasteiger partial charge in [-0.15, -0.1) is 11.3 Å². The second-order valence-electron chi connectivity index (χ2n) is 6.74. The summed E-state index contributed by atoms with van der Waals surface area (Å²) >= 11 is 1.62. The maximum Gasteiger partial charge on any atom is 0.341 e. The van der Waals surface area contributed by atoms with Crippen molar-refractivity contribution < 1.29 is 14.3 Å². The van der Waals surface area contributed by atoms with E-state index in [1.807, 2.05) is 31.2 Å². The van der Waals surface area contributed by atoms with Crippen molar-refractivity contribution in [2.24, 2.45) is 4.99 Å². The lowest BCUT2D eigenvalue weighted by Gasteiger charge is -2.14. The van der Waals surface area contributed by atoms with Crippen LogP contribution in [0.2, 0.25) is 0 Å². The van der Waals surface area contributed by atoms with Gasteiger partial charge in [0.1, 0.15) is 10.8 Å². The van der Waals surface area contributed by atoms with E-state index in [-0.39, 0.29) is 12.1 Å². The van der Waals surface area contributed by atoms with Crippen molar-refractivity contribution in [1.82, 2.24) is 0 Å². The first-order valence-corrected chi connectivity index (χ1v) is 10.6. The molecule has 0 saturated carbocycles. The van der Waals surface area contributed by atoms with E-state index in [1.165, 1.54) is 11.3 Å². The number of hydrogen-bond donors (Lipinski definition) is 0. The molecule has 144 valence electrons. The Kier molecular flexibility index (Phi) is 6.67. The van der Waals surface area contributed by atoms with E-state index in [2.05, 4.69) is 13.8 Å². The minimum atomic E-state index is -0.256. The third-order valence-electron chi connectivity index (χ3n) is 4.78. The average Bonchev–Trinajstić information content (AvgIpc) is 3.05. The summed E-state index contributed by atoms with van der Waals surface area (Å²) in [6, 6.07) is 7.87. The standard InChI is InChI=1S/C22H27NO3S/c1-4-15(3)26-18-12-8-6-10-16(18)14-23-21-20(22(24)25-5-2)17-11-7-9-13-19(17)27-21/h6,8,10,12,14-15H,4-5,7,9,11,13H2,1-3H3/t15-/m1/s1. The first-order valence-electron chi connectivity index (χ1n) is 9.75. The molecule has 4 nitrogen and oxygen atoms in total. The van der Waals surface area contributed by atoms with Crippen molar-refractivity contribution in [1.29, 1.82) is 0 Å². The molecule has 1 heterocycles. The Balaban J connectivity index is 1.94. The fourth-order valence-electron chi connectivity index (χ4n) is 3.18. The van der Waals surface area contributed by atoms with Gasteiger partial charge in [0.05, 0.1) is 18.3 Å². The largest absolute Gasteiger partial charge is 0.490 e. The fourth-order valence-corrected chi connectivity index (χ4v) is 4.40. The normalized spacial score (nSPS) is 14.8. The molecule has 27 heavy (non-hydrogen) atoms. The number of nitrogens with zero attached hydrogens (tertiary/aromatic N) is 1. The number of carbonyl (C=O) groups is 1. The molecule has 1 aromatic heterocycles. The molecule has 0 N–H and O–H groups in total. The van der Waals surface area contributed by atoms with Crippen LogP contribution in [0.5, 0.6) is 5.75 Å². The molecular weight excluding hydrogens is 358 g/mol. The van der Waals surface area contributed by atoms with E-state index in [0.29, 0.717) is 12.2 Å². The van der Waals surface area contributed by atoms with Gasteiger partial charge in [-0.3, -0.25) is 0 Å². The van der Waals surface area contributed by atoms with E-state index in [0.717, 1.165) is 47.6 Å². The van der Waals surface area contributed by atoms with Crippen molar-refractivity contribution >= 4 is 28.5 Å². The molecule has 0 aliphatic heterocycles. The summed E-state index contributed by atoms with van der Waals surface area (Å²) < 4.78 is 11.3. The second-order valence-corrected chi connectivity index (χ2v) is 7.83. The maximum absolute atomic E-state index is 12.5. The van der Waals surface area contributed by atoms with Crippen LogP contribution in [0.1, 0.15) is 66.4 Å². The van der Waals surface area contributed by atoms with Crippen LogP contribution in [0.15, 0.2) is 29.3 Å². The van der Waals surface area contributed by atoms with Crippen molar-refractivity contribution in [3.05, 3.63) is 45.8 Å². The number of esters is 1. The highest BCUT2D eigenvalue weighted by atomic mass is 32.1. The highest BCUT2D eigenvalue weighted by Gasteiger charge is 2.26. The molecule has 3 rings (SSSR count). The number of thiophene rings is 1. The Morgan fingerprint density at radius 1 is 1.26 bits per heavy atom. The van der Waals surface area contributed by atoms with Gasteiger partial charge in [0, 0.05) is 16.7 Å². The lowest BCUT2D eigenvalue weighted by molar-refractivity contribution is 0.0526. The molecule has 0 saturated heterocycles. The molecule has 1 aromatic carbocycles. The van der Waals surface area contributed by atoms with Crippen LogP contribution in [0, 0.1) is 0 Å². The van der Waals surface area contributed by atoms with E-state index >= 15 is 0 Å². The molecule has 0 spiro atoms. The van der Waals surface area contributed by atoms with E-state index in [4.69, 9.17) is 14.5 Å². The molecule has 0 radical (unpaired) electrons. The summed E-state index contributed by atoms with van der Waals surface area (Å²) in [4.78, 5) is 18.5. The lowest BCUT2D eigenvalue weighted by atomic mass is 9.95. The highest BCUT2D eigenvalue weighted by molar-refractivity contribution is 7.16. The predicted molar refractivity (Wildman–Crippen MR) is 111 cm³/mol. The van der Waals surface area contributed by atoms with Gasteiger partial charge >= 0.3 is 5.97 Å². The third-order valence-corrected chi connectivity index (χ3v) is 5.98. The third kappa shape index (κ3) is 4.59. The number of rotatable bonds is 7. The van der Waals surface area contributed by atoms with Gasteiger partial charge < -0.3 is 9.47 Å². The number of hydrogen-bond acceptors (Lipinski definition) is 5. The van der Waals surface area contributed by atoms with E-state index in [9.17, 15) is 4.79 Å². The topological polar surface area (TPSA) is 47.9 Å². The van der Waals surface area contributed by atoms with Crippen LogP contribution in [0.4, 0.5) is 5.00 Å². The predicted octanol–water partition coefficient (Wildman–Crippen LogP) is 5.73. The summed E-state index contributed by atoms with van der Waals surface area (Å²) in [5, 5.41) is 0.749. The van der Waals surface area contributed by atoms with Gasteiger partial charge in [-0.25, -0.2) is 9.79 Å². The van der Waals surface area contributed by atoms with Crippen LogP contribution in [-0.2, 0) is 17.6 Å². The summed E-state index contributed by atoms with van der Waals surface area (Å²) in [5.74, 6) is 0.558. The Morgan fingerprint density at radius 2 is 2.04 bits per heavy atom. The number of para-hydroxylation sites is 1. The molecule has 0 fully saturated rings. The Hall–Kier alpha value is -2.14. The Labute approximate surface area is 165 Å². The van der Waals surface area contributed by atoms with Crippen LogP contribution in [0.25, 0.3) is 0 Å². The van der Waals surface area contributed by atoms with Crippen molar-refractivity contribution in [3.63, 3.8) is 0 Å². The molecule has 5 heteroatoms. The Bertz CT molecular complexity index is 825. The zero-order chi connectivity index (χ0) is 19.2. The number of fused-ring (bicyclic) bond motifs is 1. The van der Waals surface area contributed by atoms with E-state index < -0.39 is 0 Å². The summed E-state index contributed by atoms with van der Waals surface area (Å²) in [7, 11) is 0. The minimum absolute atomic E-state index is 0.142. The zero-order valence-corrected chi connectivity index (χ0v) is 17.1. The van der Waals surface area contributed by atoms with Crippen molar-refractivity contribution in [2.45, 2.75) is 59.0 Å². The molecule has 1 aliphatic carbocycles.